The maximum atomic E-state index is 11.7. The molecule has 1 aromatic rings. The first-order chi connectivity index (χ1) is 9.20. The topological polar surface area (TPSA) is 58.1 Å². The van der Waals surface area contributed by atoms with E-state index in [0.717, 1.165) is 31.2 Å². The van der Waals surface area contributed by atoms with Crippen LogP contribution in [0.25, 0.3) is 0 Å². The Morgan fingerprint density at radius 1 is 1.37 bits per heavy atom. The normalized spacial score (nSPS) is 16.4. The van der Waals surface area contributed by atoms with Crippen LogP contribution in [-0.4, -0.2) is 35.5 Å². The molecule has 0 aliphatic carbocycles. The van der Waals surface area contributed by atoms with Crippen LogP contribution in [0.1, 0.15) is 43.6 Å². The summed E-state index contributed by atoms with van der Waals surface area (Å²) in [5.74, 6) is 1.52. The minimum Gasteiger partial charge on any atom is -0.355 e. The number of rotatable bonds is 4. The van der Waals surface area contributed by atoms with Crippen molar-refractivity contribution >= 4 is 11.7 Å². The molecule has 19 heavy (non-hydrogen) atoms. The quantitative estimate of drug-likeness (QED) is 0.899. The van der Waals surface area contributed by atoms with Crippen LogP contribution in [0.3, 0.4) is 0 Å². The van der Waals surface area contributed by atoms with Crippen LogP contribution >= 0.6 is 0 Å². The van der Waals surface area contributed by atoms with Gasteiger partial charge in [-0.05, 0) is 25.2 Å². The minimum absolute atomic E-state index is 0.145. The highest BCUT2D eigenvalue weighted by Crippen LogP contribution is 2.20. The van der Waals surface area contributed by atoms with Crippen LogP contribution in [0.5, 0.6) is 0 Å². The number of hydrogen-bond donors (Lipinski definition) is 1. The summed E-state index contributed by atoms with van der Waals surface area (Å²) in [7, 11) is 0. The molecule has 0 unspecified atom stereocenters. The van der Waals surface area contributed by atoms with E-state index in [1.165, 1.54) is 12.8 Å². The first-order valence-electron chi connectivity index (χ1n) is 7.06. The van der Waals surface area contributed by atoms with Gasteiger partial charge in [0.2, 0.25) is 0 Å². The second-order valence-corrected chi connectivity index (χ2v) is 5.19. The van der Waals surface area contributed by atoms with Crippen LogP contribution in [0.15, 0.2) is 12.4 Å². The number of nitrogens with zero attached hydrogens (tertiary/aromatic N) is 3. The van der Waals surface area contributed by atoms with Gasteiger partial charge in [0.1, 0.15) is 11.5 Å². The molecule has 1 N–H and O–H groups in total. The lowest BCUT2D eigenvalue weighted by Crippen LogP contribution is -2.33. The average Bonchev–Trinajstić information content (AvgIpc) is 2.46. The van der Waals surface area contributed by atoms with E-state index in [0.29, 0.717) is 12.2 Å². The lowest BCUT2D eigenvalue weighted by molar-refractivity contribution is 0.0948. The van der Waals surface area contributed by atoms with Gasteiger partial charge < -0.3 is 10.2 Å². The Morgan fingerprint density at radius 2 is 2.11 bits per heavy atom. The van der Waals surface area contributed by atoms with E-state index in [1.807, 2.05) is 6.92 Å². The lowest BCUT2D eigenvalue weighted by atomic mass is 9.99. The van der Waals surface area contributed by atoms with E-state index in [1.54, 1.807) is 12.4 Å². The predicted octanol–water partition coefficient (Wildman–Crippen LogP) is 1.85. The molecule has 104 valence electrons. The van der Waals surface area contributed by atoms with Gasteiger partial charge >= 0.3 is 0 Å². The molecule has 0 bridgehead atoms. The van der Waals surface area contributed by atoms with Crippen molar-refractivity contribution in [3.05, 3.63) is 18.1 Å². The highest BCUT2D eigenvalue weighted by Gasteiger charge is 2.17. The number of amides is 1. The summed E-state index contributed by atoms with van der Waals surface area (Å²) in [5.41, 5.74) is 0.391. The fourth-order valence-corrected chi connectivity index (χ4v) is 2.17. The monoisotopic (exact) mass is 262 g/mol. The van der Waals surface area contributed by atoms with Crippen LogP contribution < -0.4 is 10.2 Å². The number of aromatic nitrogens is 2. The summed E-state index contributed by atoms with van der Waals surface area (Å²) < 4.78 is 0. The molecule has 1 saturated heterocycles. The van der Waals surface area contributed by atoms with Crippen molar-refractivity contribution in [3.63, 3.8) is 0 Å². The van der Waals surface area contributed by atoms with Crippen molar-refractivity contribution in [2.24, 2.45) is 5.92 Å². The molecule has 5 nitrogen and oxygen atoms in total. The van der Waals surface area contributed by atoms with Gasteiger partial charge in [-0.2, -0.15) is 0 Å². The van der Waals surface area contributed by atoms with Crippen LogP contribution in [0.2, 0.25) is 0 Å². The number of piperidine rings is 1. The number of anilines is 1. The molecule has 1 aliphatic rings. The number of carbonyl (C=O) groups is 1. The van der Waals surface area contributed by atoms with Gasteiger partial charge in [0.15, 0.2) is 0 Å². The average molecular weight is 262 g/mol. The van der Waals surface area contributed by atoms with Crippen molar-refractivity contribution < 1.29 is 4.79 Å². The fraction of sp³-hybridized carbons (Fsp3) is 0.643. The summed E-state index contributed by atoms with van der Waals surface area (Å²) in [4.78, 5) is 22.5. The summed E-state index contributed by atoms with van der Waals surface area (Å²) in [5, 5.41) is 2.80. The third-order valence-corrected chi connectivity index (χ3v) is 3.51. The standard InChI is InChI=1S/C14H22N4O/c1-3-6-15-14(19)12-9-17-13(10-16-12)18-7-4-11(2)5-8-18/h9-11H,3-8H2,1-2H3,(H,15,19). The zero-order valence-corrected chi connectivity index (χ0v) is 11.7. The van der Waals surface area contributed by atoms with E-state index < -0.39 is 0 Å². The van der Waals surface area contributed by atoms with Gasteiger partial charge in [-0.25, -0.2) is 9.97 Å². The third kappa shape index (κ3) is 3.66. The molecule has 0 radical (unpaired) electrons. The molecule has 1 aromatic heterocycles. The van der Waals surface area contributed by atoms with Crippen molar-refractivity contribution in [2.45, 2.75) is 33.1 Å². The lowest BCUT2D eigenvalue weighted by Gasteiger charge is -2.30. The third-order valence-electron chi connectivity index (χ3n) is 3.51. The molecule has 0 aromatic carbocycles. The highest BCUT2D eigenvalue weighted by atomic mass is 16.1. The molecule has 5 heteroatoms. The second kappa shape index (κ2) is 6.50. The van der Waals surface area contributed by atoms with Crippen LogP contribution in [-0.2, 0) is 0 Å². The van der Waals surface area contributed by atoms with E-state index in [2.05, 4.69) is 27.1 Å². The summed E-state index contributed by atoms with van der Waals surface area (Å²) in [6.45, 7) is 7.03. The predicted molar refractivity (Wildman–Crippen MR) is 75.3 cm³/mol. The van der Waals surface area contributed by atoms with E-state index in [9.17, 15) is 4.79 Å². The van der Waals surface area contributed by atoms with Gasteiger partial charge in [-0.1, -0.05) is 13.8 Å². The van der Waals surface area contributed by atoms with Crippen LogP contribution in [0, 0.1) is 5.92 Å². The van der Waals surface area contributed by atoms with Crippen molar-refractivity contribution in [3.8, 4) is 0 Å². The molecule has 0 saturated carbocycles. The Morgan fingerprint density at radius 3 is 2.68 bits per heavy atom. The van der Waals surface area contributed by atoms with Gasteiger partial charge in [0.25, 0.3) is 5.91 Å². The maximum Gasteiger partial charge on any atom is 0.271 e. The zero-order chi connectivity index (χ0) is 13.7. The van der Waals surface area contributed by atoms with Gasteiger partial charge in [-0.3, -0.25) is 4.79 Å². The summed E-state index contributed by atoms with van der Waals surface area (Å²) in [6.07, 6.45) is 6.58. The first kappa shape index (κ1) is 13.8. The molecule has 1 amide bonds. The first-order valence-corrected chi connectivity index (χ1v) is 7.06. The fourth-order valence-electron chi connectivity index (χ4n) is 2.17. The molecule has 1 fully saturated rings. The number of nitrogens with one attached hydrogen (secondary N) is 1. The largest absolute Gasteiger partial charge is 0.355 e. The Bertz CT molecular complexity index is 410. The molecule has 0 spiro atoms. The van der Waals surface area contributed by atoms with E-state index in [-0.39, 0.29) is 5.91 Å². The summed E-state index contributed by atoms with van der Waals surface area (Å²) in [6, 6.07) is 0. The molecular weight excluding hydrogens is 240 g/mol. The second-order valence-electron chi connectivity index (χ2n) is 5.19. The summed E-state index contributed by atoms with van der Waals surface area (Å²) >= 11 is 0. The minimum atomic E-state index is -0.145. The van der Waals surface area contributed by atoms with Gasteiger partial charge in [0, 0.05) is 19.6 Å². The van der Waals surface area contributed by atoms with Crippen molar-refractivity contribution in [2.75, 3.05) is 24.5 Å². The number of hydrogen-bond acceptors (Lipinski definition) is 4. The van der Waals surface area contributed by atoms with Crippen LogP contribution in [0.4, 0.5) is 5.82 Å². The van der Waals surface area contributed by atoms with Crippen molar-refractivity contribution in [1.29, 1.82) is 0 Å². The SMILES string of the molecule is CCCNC(=O)c1cnc(N2CCC(C)CC2)cn1. The van der Waals surface area contributed by atoms with E-state index in [4.69, 9.17) is 0 Å². The van der Waals surface area contributed by atoms with E-state index >= 15 is 0 Å². The molecule has 0 atom stereocenters. The Balaban J connectivity index is 1.96. The Hall–Kier alpha value is -1.65. The molecule has 1 aliphatic heterocycles. The maximum absolute atomic E-state index is 11.7. The molecule has 2 rings (SSSR count). The Labute approximate surface area is 114 Å². The smallest absolute Gasteiger partial charge is 0.271 e. The molecule has 2 heterocycles. The Kier molecular flexibility index (Phi) is 4.71. The highest BCUT2D eigenvalue weighted by molar-refractivity contribution is 5.91. The van der Waals surface area contributed by atoms with Gasteiger partial charge in [-0.15, -0.1) is 0 Å². The zero-order valence-electron chi connectivity index (χ0n) is 11.7. The van der Waals surface area contributed by atoms with Gasteiger partial charge in [0.05, 0.1) is 12.4 Å². The molecular formula is C14H22N4O. The number of carbonyl (C=O) groups excluding carboxylic acids is 1. The van der Waals surface area contributed by atoms with Crippen molar-refractivity contribution in [1.82, 2.24) is 15.3 Å².